The van der Waals surface area contributed by atoms with Gasteiger partial charge in [0.25, 0.3) is 0 Å². The first-order valence-corrected chi connectivity index (χ1v) is 6.66. The fraction of sp³-hybridized carbons (Fsp3) is 0.615. The van der Waals surface area contributed by atoms with Crippen LogP contribution in [0.15, 0.2) is 6.20 Å². The lowest BCUT2D eigenvalue weighted by atomic mass is 10.2. The zero-order valence-electron chi connectivity index (χ0n) is 11.5. The number of rotatable bonds is 8. The number of aromatic hydroxyl groups is 1. The molecule has 0 aliphatic carbocycles. The van der Waals surface area contributed by atoms with E-state index >= 15 is 0 Å². The van der Waals surface area contributed by atoms with Gasteiger partial charge < -0.3 is 15.2 Å². The zero-order chi connectivity index (χ0) is 14.1. The van der Waals surface area contributed by atoms with E-state index < -0.39 is 5.97 Å². The number of nitrogens with one attached hydrogen (secondary N) is 1. The Morgan fingerprint density at radius 2 is 2.16 bits per heavy atom. The summed E-state index contributed by atoms with van der Waals surface area (Å²) < 4.78 is 4.77. The van der Waals surface area contributed by atoms with Crippen LogP contribution in [0.2, 0.25) is 0 Å². The molecular formula is C13H21N3O3. The molecule has 0 aliphatic heterocycles. The Kier molecular flexibility index (Phi) is 6.63. The Morgan fingerprint density at radius 3 is 2.79 bits per heavy atom. The van der Waals surface area contributed by atoms with Crippen LogP contribution in [-0.4, -0.2) is 34.2 Å². The topological polar surface area (TPSA) is 84.3 Å². The summed E-state index contributed by atoms with van der Waals surface area (Å²) >= 11 is 0. The minimum atomic E-state index is -0.616. The molecule has 0 bridgehead atoms. The summed E-state index contributed by atoms with van der Waals surface area (Å²) in [5.74, 6) is -0.652. The van der Waals surface area contributed by atoms with Gasteiger partial charge in [-0.2, -0.15) is 4.98 Å². The number of unbranched alkanes of at least 4 members (excludes halogenated alkanes) is 3. The van der Waals surface area contributed by atoms with Crippen molar-refractivity contribution in [3.8, 4) is 5.88 Å². The van der Waals surface area contributed by atoms with Crippen molar-refractivity contribution >= 4 is 11.9 Å². The summed E-state index contributed by atoms with van der Waals surface area (Å²) in [5, 5.41) is 12.6. The summed E-state index contributed by atoms with van der Waals surface area (Å²) in [5.41, 5.74) is -0.0154. The number of esters is 1. The summed E-state index contributed by atoms with van der Waals surface area (Å²) in [7, 11) is 0. The van der Waals surface area contributed by atoms with Crippen LogP contribution in [-0.2, 0) is 4.74 Å². The van der Waals surface area contributed by atoms with E-state index in [1.165, 1.54) is 19.0 Å². The molecule has 0 amide bonds. The Labute approximate surface area is 113 Å². The Balaban J connectivity index is 2.49. The number of hydrogen-bond donors (Lipinski definition) is 2. The number of anilines is 1. The maximum atomic E-state index is 11.4. The fourth-order valence-electron chi connectivity index (χ4n) is 1.56. The van der Waals surface area contributed by atoms with E-state index in [9.17, 15) is 9.90 Å². The SMILES string of the molecule is CCCCCCNc1ncc(C(=O)OCC)c(O)n1. The van der Waals surface area contributed by atoms with E-state index in [1.807, 2.05) is 0 Å². The normalized spacial score (nSPS) is 10.2. The average Bonchev–Trinajstić information content (AvgIpc) is 2.39. The summed E-state index contributed by atoms with van der Waals surface area (Å²) in [4.78, 5) is 19.2. The van der Waals surface area contributed by atoms with Gasteiger partial charge in [0.05, 0.1) is 12.8 Å². The van der Waals surface area contributed by atoms with Crippen LogP contribution in [0, 0.1) is 0 Å². The van der Waals surface area contributed by atoms with Crippen LogP contribution in [0.3, 0.4) is 0 Å². The molecule has 19 heavy (non-hydrogen) atoms. The van der Waals surface area contributed by atoms with Gasteiger partial charge in [0.15, 0.2) is 0 Å². The van der Waals surface area contributed by atoms with E-state index in [0.717, 1.165) is 19.4 Å². The minimum Gasteiger partial charge on any atom is -0.493 e. The molecule has 0 fully saturated rings. The van der Waals surface area contributed by atoms with Gasteiger partial charge in [-0.05, 0) is 13.3 Å². The van der Waals surface area contributed by atoms with E-state index in [-0.39, 0.29) is 18.1 Å². The highest BCUT2D eigenvalue weighted by Crippen LogP contribution is 2.15. The molecule has 1 rings (SSSR count). The molecule has 1 aromatic heterocycles. The van der Waals surface area contributed by atoms with E-state index in [4.69, 9.17) is 4.74 Å². The van der Waals surface area contributed by atoms with Gasteiger partial charge in [-0.25, -0.2) is 9.78 Å². The molecule has 0 spiro atoms. The quantitative estimate of drug-likeness (QED) is 0.555. The van der Waals surface area contributed by atoms with Gasteiger partial charge >= 0.3 is 5.97 Å². The van der Waals surface area contributed by atoms with E-state index in [0.29, 0.717) is 5.95 Å². The third-order valence-corrected chi connectivity index (χ3v) is 2.58. The Hall–Kier alpha value is -1.85. The number of hydrogen-bond acceptors (Lipinski definition) is 6. The van der Waals surface area contributed by atoms with Gasteiger partial charge in [-0.3, -0.25) is 0 Å². The second kappa shape index (κ2) is 8.29. The molecule has 1 heterocycles. The number of aromatic nitrogens is 2. The standard InChI is InChI=1S/C13H21N3O3/c1-3-5-6-7-8-14-13-15-9-10(11(17)16-13)12(18)19-4-2/h9H,3-8H2,1-2H3,(H2,14,15,16,17). The minimum absolute atomic E-state index is 0.0154. The molecule has 0 saturated heterocycles. The number of nitrogens with zero attached hydrogens (tertiary/aromatic N) is 2. The maximum absolute atomic E-state index is 11.4. The molecule has 0 unspecified atom stereocenters. The molecular weight excluding hydrogens is 246 g/mol. The lowest BCUT2D eigenvalue weighted by molar-refractivity contribution is 0.0521. The van der Waals surface area contributed by atoms with Crippen molar-refractivity contribution in [2.24, 2.45) is 0 Å². The van der Waals surface area contributed by atoms with Gasteiger partial charge in [0.1, 0.15) is 5.56 Å². The Morgan fingerprint density at radius 1 is 1.37 bits per heavy atom. The van der Waals surface area contributed by atoms with Crippen molar-refractivity contribution in [2.45, 2.75) is 39.5 Å². The lowest BCUT2D eigenvalue weighted by Crippen LogP contribution is -2.09. The second-order valence-electron chi connectivity index (χ2n) is 4.14. The average molecular weight is 267 g/mol. The Bertz CT molecular complexity index is 410. The second-order valence-corrected chi connectivity index (χ2v) is 4.14. The molecule has 0 aromatic carbocycles. The third kappa shape index (κ3) is 5.11. The van der Waals surface area contributed by atoms with Crippen LogP contribution in [0.25, 0.3) is 0 Å². The number of ether oxygens (including phenoxy) is 1. The third-order valence-electron chi connectivity index (χ3n) is 2.58. The molecule has 6 nitrogen and oxygen atoms in total. The zero-order valence-corrected chi connectivity index (χ0v) is 11.5. The van der Waals surface area contributed by atoms with Crippen LogP contribution >= 0.6 is 0 Å². The van der Waals surface area contributed by atoms with Gasteiger partial charge in [-0.1, -0.05) is 26.2 Å². The van der Waals surface area contributed by atoms with E-state index in [2.05, 4.69) is 22.2 Å². The number of carbonyl (C=O) groups excluding carboxylic acids is 1. The first kappa shape index (κ1) is 15.2. The fourth-order valence-corrected chi connectivity index (χ4v) is 1.56. The maximum Gasteiger partial charge on any atom is 0.345 e. The molecule has 0 aliphatic rings. The predicted molar refractivity (Wildman–Crippen MR) is 72.3 cm³/mol. The summed E-state index contributed by atoms with van der Waals surface area (Å²) in [6.07, 6.45) is 5.84. The van der Waals surface area contributed by atoms with Crippen LogP contribution in [0.5, 0.6) is 5.88 Å². The van der Waals surface area contributed by atoms with Crippen molar-refractivity contribution in [3.63, 3.8) is 0 Å². The molecule has 6 heteroatoms. The van der Waals surface area contributed by atoms with Crippen LogP contribution in [0.1, 0.15) is 49.9 Å². The van der Waals surface area contributed by atoms with Crippen LogP contribution < -0.4 is 5.32 Å². The first-order valence-electron chi connectivity index (χ1n) is 6.66. The molecule has 0 atom stereocenters. The number of carbonyl (C=O) groups is 1. The van der Waals surface area contributed by atoms with Crippen LogP contribution in [0.4, 0.5) is 5.95 Å². The monoisotopic (exact) mass is 267 g/mol. The van der Waals surface area contributed by atoms with Crippen molar-refractivity contribution in [2.75, 3.05) is 18.5 Å². The highest BCUT2D eigenvalue weighted by molar-refractivity contribution is 5.91. The highest BCUT2D eigenvalue weighted by atomic mass is 16.5. The van der Waals surface area contributed by atoms with Crippen molar-refractivity contribution in [1.29, 1.82) is 0 Å². The van der Waals surface area contributed by atoms with Gasteiger partial charge in [0, 0.05) is 6.54 Å². The summed E-state index contributed by atoms with van der Waals surface area (Å²) in [6.45, 7) is 4.85. The molecule has 1 aromatic rings. The van der Waals surface area contributed by atoms with Crippen molar-refractivity contribution in [3.05, 3.63) is 11.8 Å². The molecule has 106 valence electrons. The van der Waals surface area contributed by atoms with Gasteiger partial charge in [-0.15, -0.1) is 0 Å². The summed E-state index contributed by atoms with van der Waals surface area (Å²) in [6, 6.07) is 0. The molecule has 2 N–H and O–H groups in total. The largest absolute Gasteiger partial charge is 0.493 e. The lowest BCUT2D eigenvalue weighted by Gasteiger charge is -2.07. The predicted octanol–water partition coefficient (Wildman–Crippen LogP) is 2.35. The highest BCUT2D eigenvalue weighted by Gasteiger charge is 2.14. The first-order chi connectivity index (χ1) is 9.19. The van der Waals surface area contributed by atoms with E-state index in [1.54, 1.807) is 6.92 Å². The van der Waals surface area contributed by atoms with Gasteiger partial charge in [0.2, 0.25) is 11.8 Å². The van der Waals surface area contributed by atoms with Crippen molar-refractivity contribution in [1.82, 2.24) is 9.97 Å². The smallest absolute Gasteiger partial charge is 0.345 e. The molecule has 0 radical (unpaired) electrons. The molecule has 0 saturated carbocycles. The van der Waals surface area contributed by atoms with Crippen molar-refractivity contribution < 1.29 is 14.6 Å².